The summed E-state index contributed by atoms with van der Waals surface area (Å²) < 4.78 is 19.7. The van der Waals surface area contributed by atoms with Crippen LogP contribution in [0.5, 0.6) is 0 Å². The van der Waals surface area contributed by atoms with Gasteiger partial charge in [0, 0.05) is 17.6 Å². The number of nitrogens with zero attached hydrogens (tertiary/aromatic N) is 2. The Bertz CT molecular complexity index is 655. The van der Waals surface area contributed by atoms with Crippen molar-refractivity contribution in [3.05, 3.63) is 39.8 Å². The number of rotatable bonds is 2. The van der Waals surface area contributed by atoms with Gasteiger partial charge in [-0.2, -0.15) is 5.10 Å². The first kappa shape index (κ1) is 13.8. The molecule has 100 valence electrons. The van der Waals surface area contributed by atoms with E-state index >= 15 is 0 Å². The van der Waals surface area contributed by atoms with Crippen molar-refractivity contribution in [1.82, 2.24) is 9.78 Å². The van der Waals surface area contributed by atoms with Gasteiger partial charge in [0.2, 0.25) is 0 Å². The minimum atomic E-state index is -0.638. The van der Waals surface area contributed by atoms with Gasteiger partial charge in [-0.05, 0) is 18.2 Å². The predicted molar refractivity (Wildman–Crippen MR) is 70.0 cm³/mol. The largest absolute Gasteiger partial charge is 0.464 e. The number of hydrogen-bond donors (Lipinski definition) is 0. The molecule has 2 rings (SSSR count). The molecule has 7 heteroatoms. The third-order valence-corrected chi connectivity index (χ3v) is 3.15. The maximum absolute atomic E-state index is 13.8. The second-order valence-electron chi connectivity index (χ2n) is 3.75. The zero-order chi connectivity index (χ0) is 14.2. The maximum Gasteiger partial charge on any atom is 0.357 e. The fraction of sp³-hybridized carbons (Fsp3) is 0.167. The summed E-state index contributed by atoms with van der Waals surface area (Å²) in [7, 11) is 2.75. The fourth-order valence-electron chi connectivity index (χ4n) is 1.67. The number of halogens is 3. The molecule has 0 aliphatic heterocycles. The van der Waals surface area contributed by atoms with Crippen molar-refractivity contribution in [2.75, 3.05) is 7.11 Å². The molecule has 0 spiro atoms. The van der Waals surface area contributed by atoms with E-state index in [0.717, 1.165) is 6.07 Å². The first-order valence-corrected chi connectivity index (χ1v) is 5.97. The monoisotopic (exact) mass is 302 g/mol. The Balaban J connectivity index is 2.61. The molecule has 0 unspecified atom stereocenters. The van der Waals surface area contributed by atoms with Crippen LogP contribution in [0.1, 0.15) is 10.5 Å². The lowest BCUT2D eigenvalue weighted by Crippen LogP contribution is -2.08. The second-order valence-corrected chi connectivity index (χ2v) is 4.56. The number of hydrogen-bond acceptors (Lipinski definition) is 3. The predicted octanol–water partition coefficient (Wildman–Crippen LogP) is 3.32. The molecule has 1 heterocycles. The molecule has 1 aromatic carbocycles. The summed E-state index contributed by atoms with van der Waals surface area (Å²) in [5.41, 5.74) is 0.396. The third-order valence-electron chi connectivity index (χ3n) is 2.55. The molecule has 0 saturated heterocycles. The minimum Gasteiger partial charge on any atom is -0.464 e. The van der Waals surface area contributed by atoms with Crippen LogP contribution in [-0.4, -0.2) is 22.9 Å². The van der Waals surface area contributed by atoms with Crippen molar-refractivity contribution < 1.29 is 13.9 Å². The number of methoxy groups -OCH3 is 1. The quantitative estimate of drug-likeness (QED) is 0.799. The van der Waals surface area contributed by atoms with E-state index in [-0.39, 0.29) is 27.0 Å². The SMILES string of the molecule is COC(=O)c1c(Cl)c(-c2ccc(Cl)cc2F)nn1C. The smallest absolute Gasteiger partial charge is 0.357 e. The number of ether oxygens (including phenoxy) is 1. The van der Waals surface area contributed by atoms with Crippen LogP contribution in [-0.2, 0) is 11.8 Å². The molecule has 0 fully saturated rings. The van der Waals surface area contributed by atoms with Crippen molar-refractivity contribution in [2.24, 2.45) is 7.05 Å². The van der Waals surface area contributed by atoms with E-state index in [1.807, 2.05) is 0 Å². The van der Waals surface area contributed by atoms with E-state index in [4.69, 9.17) is 23.2 Å². The molecule has 1 aromatic heterocycles. The average molecular weight is 303 g/mol. The molecular formula is C12H9Cl2FN2O2. The van der Waals surface area contributed by atoms with Gasteiger partial charge in [0.1, 0.15) is 16.5 Å². The van der Waals surface area contributed by atoms with Gasteiger partial charge in [-0.25, -0.2) is 9.18 Å². The molecule has 0 aliphatic carbocycles. The summed E-state index contributed by atoms with van der Waals surface area (Å²) in [6.07, 6.45) is 0. The lowest BCUT2D eigenvalue weighted by molar-refractivity contribution is 0.0588. The Labute approximate surface area is 118 Å². The minimum absolute atomic E-state index is 0.0376. The molecule has 19 heavy (non-hydrogen) atoms. The van der Waals surface area contributed by atoms with E-state index in [9.17, 15) is 9.18 Å². The van der Waals surface area contributed by atoms with Crippen molar-refractivity contribution in [2.45, 2.75) is 0 Å². The number of esters is 1. The highest BCUT2D eigenvalue weighted by molar-refractivity contribution is 6.36. The first-order chi connectivity index (χ1) is 8.95. The normalized spacial score (nSPS) is 10.6. The second kappa shape index (κ2) is 5.19. The lowest BCUT2D eigenvalue weighted by atomic mass is 10.1. The zero-order valence-corrected chi connectivity index (χ0v) is 11.6. The van der Waals surface area contributed by atoms with Crippen LogP contribution in [0.25, 0.3) is 11.3 Å². The topological polar surface area (TPSA) is 44.1 Å². The molecule has 4 nitrogen and oxygen atoms in total. The van der Waals surface area contributed by atoms with Gasteiger partial charge in [-0.3, -0.25) is 4.68 Å². The van der Waals surface area contributed by atoms with E-state index in [2.05, 4.69) is 9.84 Å². The maximum atomic E-state index is 13.8. The highest BCUT2D eigenvalue weighted by Crippen LogP contribution is 2.32. The summed E-state index contributed by atoms with van der Waals surface area (Å²) >= 11 is 11.7. The lowest BCUT2D eigenvalue weighted by Gasteiger charge is -2.01. The Morgan fingerprint density at radius 2 is 2.11 bits per heavy atom. The van der Waals surface area contributed by atoms with Crippen LogP contribution >= 0.6 is 23.2 Å². The molecule has 0 aliphatic rings. The van der Waals surface area contributed by atoms with Gasteiger partial charge in [-0.1, -0.05) is 23.2 Å². The summed E-state index contributed by atoms with van der Waals surface area (Å²) in [6, 6.07) is 4.12. The molecule has 0 radical (unpaired) electrons. The van der Waals surface area contributed by atoms with Crippen LogP contribution in [0.15, 0.2) is 18.2 Å². The van der Waals surface area contributed by atoms with E-state index in [1.165, 1.54) is 31.0 Å². The van der Waals surface area contributed by atoms with Gasteiger partial charge < -0.3 is 4.74 Å². The third kappa shape index (κ3) is 2.43. The number of aromatic nitrogens is 2. The summed E-state index contributed by atoms with van der Waals surface area (Å²) in [4.78, 5) is 11.6. The Morgan fingerprint density at radius 1 is 1.42 bits per heavy atom. The highest BCUT2D eigenvalue weighted by atomic mass is 35.5. The molecular weight excluding hydrogens is 294 g/mol. The van der Waals surface area contributed by atoms with Gasteiger partial charge in [0.25, 0.3) is 0 Å². The number of benzene rings is 1. The van der Waals surface area contributed by atoms with Gasteiger partial charge in [-0.15, -0.1) is 0 Å². The van der Waals surface area contributed by atoms with Gasteiger partial charge in [0.15, 0.2) is 5.69 Å². The molecule has 0 N–H and O–H groups in total. The van der Waals surface area contributed by atoms with Crippen LogP contribution in [0, 0.1) is 5.82 Å². The van der Waals surface area contributed by atoms with Crippen molar-refractivity contribution in [3.63, 3.8) is 0 Å². The molecule has 0 bridgehead atoms. The number of carbonyl (C=O) groups excluding carboxylic acids is 1. The van der Waals surface area contributed by atoms with Crippen molar-refractivity contribution >= 4 is 29.2 Å². The standard InChI is InChI=1S/C12H9Cl2FN2O2/c1-17-11(12(18)19-2)9(14)10(16-17)7-4-3-6(13)5-8(7)15/h3-5H,1-2H3. The Morgan fingerprint density at radius 3 is 2.68 bits per heavy atom. The van der Waals surface area contributed by atoms with E-state index in [1.54, 1.807) is 0 Å². The van der Waals surface area contributed by atoms with Crippen molar-refractivity contribution in [3.8, 4) is 11.3 Å². The van der Waals surface area contributed by atoms with Crippen LogP contribution in [0.4, 0.5) is 4.39 Å². The van der Waals surface area contributed by atoms with Gasteiger partial charge in [0.05, 0.1) is 7.11 Å². The molecule has 2 aromatic rings. The van der Waals surface area contributed by atoms with E-state index in [0.29, 0.717) is 0 Å². The molecule has 0 atom stereocenters. The summed E-state index contributed by atoms with van der Waals surface area (Å²) in [5, 5.41) is 4.34. The first-order valence-electron chi connectivity index (χ1n) is 5.22. The number of aryl methyl sites for hydroxylation is 1. The summed E-state index contributed by atoms with van der Waals surface area (Å²) in [5.74, 6) is -1.20. The van der Waals surface area contributed by atoms with Crippen LogP contribution < -0.4 is 0 Å². The fourth-order valence-corrected chi connectivity index (χ4v) is 2.17. The number of carbonyl (C=O) groups is 1. The van der Waals surface area contributed by atoms with E-state index < -0.39 is 11.8 Å². The highest BCUT2D eigenvalue weighted by Gasteiger charge is 2.23. The Hall–Kier alpha value is -1.59. The van der Waals surface area contributed by atoms with Gasteiger partial charge >= 0.3 is 5.97 Å². The molecule has 0 amide bonds. The summed E-state index contributed by atoms with van der Waals surface area (Å²) in [6.45, 7) is 0. The van der Waals surface area contributed by atoms with Crippen molar-refractivity contribution in [1.29, 1.82) is 0 Å². The Kier molecular flexibility index (Phi) is 3.78. The molecule has 0 saturated carbocycles. The van der Waals surface area contributed by atoms with Crippen LogP contribution in [0.3, 0.4) is 0 Å². The van der Waals surface area contributed by atoms with Crippen LogP contribution in [0.2, 0.25) is 10.0 Å². The average Bonchev–Trinajstić information content (AvgIpc) is 2.64. The zero-order valence-electron chi connectivity index (χ0n) is 10.1.